The molecule has 0 spiro atoms. The molecule has 3 nitrogen and oxygen atoms in total. The molecule has 0 aromatic carbocycles. The zero-order valence-electron chi connectivity index (χ0n) is 8.21. The van der Waals surface area contributed by atoms with Crippen molar-refractivity contribution in [1.82, 2.24) is 10.6 Å². The Balaban J connectivity index is 2.00. The van der Waals surface area contributed by atoms with Gasteiger partial charge < -0.3 is 10.6 Å². The van der Waals surface area contributed by atoms with E-state index >= 15 is 0 Å². The third-order valence-electron chi connectivity index (χ3n) is 2.11. The van der Waals surface area contributed by atoms with Gasteiger partial charge in [0.1, 0.15) is 0 Å². The number of terminal acetylenes is 1. The van der Waals surface area contributed by atoms with E-state index in [0.29, 0.717) is 6.54 Å². The number of thioether (sulfide) groups is 1. The summed E-state index contributed by atoms with van der Waals surface area (Å²) in [5.74, 6) is 4.29. The van der Waals surface area contributed by atoms with Gasteiger partial charge in [-0.1, -0.05) is 5.92 Å². The van der Waals surface area contributed by atoms with Crippen LogP contribution in [-0.2, 0) is 4.79 Å². The highest BCUT2D eigenvalue weighted by Gasteiger charge is 2.20. The maximum atomic E-state index is 11.5. The van der Waals surface area contributed by atoms with Crippen LogP contribution in [0.25, 0.3) is 0 Å². The van der Waals surface area contributed by atoms with Gasteiger partial charge in [0.25, 0.3) is 0 Å². The van der Waals surface area contributed by atoms with Gasteiger partial charge in [0, 0.05) is 12.3 Å². The third kappa shape index (κ3) is 4.03. The topological polar surface area (TPSA) is 41.1 Å². The molecule has 0 aromatic rings. The van der Waals surface area contributed by atoms with Gasteiger partial charge >= 0.3 is 0 Å². The average Bonchev–Trinajstić information content (AvgIpc) is 2.70. The summed E-state index contributed by atoms with van der Waals surface area (Å²) in [7, 11) is 0. The van der Waals surface area contributed by atoms with Crippen molar-refractivity contribution in [1.29, 1.82) is 0 Å². The molecular formula is C10H16N2OS. The molecule has 1 aliphatic heterocycles. The summed E-state index contributed by atoms with van der Waals surface area (Å²) in [6.07, 6.45) is 7.16. The largest absolute Gasteiger partial charge is 0.354 e. The maximum Gasteiger partial charge on any atom is 0.237 e. The fourth-order valence-electron chi connectivity index (χ4n) is 1.41. The highest BCUT2D eigenvalue weighted by Crippen LogP contribution is 2.04. The molecule has 1 saturated heterocycles. The number of carbonyl (C=O) groups is 1. The standard InChI is InChI=1S/C10H16N2OS/c1-2-7-14-8-6-12-10(13)9-4-3-5-11-9/h1,9,11H,3-8H2,(H,12,13)/t9-/m0/s1. The van der Waals surface area contributed by atoms with Crippen LogP contribution in [-0.4, -0.2) is 36.5 Å². The minimum atomic E-state index is 0.0348. The Morgan fingerprint density at radius 2 is 2.57 bits per heavy atom. The summed E-state index contributed by atoms with van der Waals surface area (Å²) in [6, 6.07) is 0.0348. The first-order valence-corrected chi connectivity index (χ1v) is 6.02. The van der Waals surface area contributed by atoms with Gasteiger partial charge in [0.05, 0.1) is 11.8 Å². The molecule has 78 valence electrons. The lowest BCUT2D eigenvalue weighted by Crippen LogP contribution is -2.41. The van der Waals surface area contributed by atoms with E-state index in [2.05, 4.69) is 16.6 Å². The van der Waals surface area contributed by atoms with Crippen molar-refractivity contribution in [3.8, 4) is 12.3 Å². The molecule has 0 aliphatic carbocycles. The molecule has 1 amide bonds. The van der Waals surface area contributed by atoms with Gasteiger partial charge in [-0.25, -0.2) is 0 Å². The van der Waals surface area contributed by atoms with Crippen LogP contribution in [0.1, 0.15) is 12.8 Å². The lowest BCUT2D eigenvalue weighted by molar-refractivity contribution is -0.122. The Bertz CT molecular complexity index is 219. The van der Waals surface area contributed by atoms with Crippen LogP contribution in [0.4, 0.5) is 0 Å². The smallest absolute Gasteiger partial charge is 0.237 e. The molecule has 4 heteroatoms. The van der Waals surface area contributed by atoms with Crippen molar-refractivity contribution in [3.05, 3.63) is 0 Å². The molecule has 2 N–H and O–H groups in total. The van der Waals surface area contributed by atoms with E-state index in [-0.39, 0.29) is 11.9 Å². The van der Waals surface area contributed by atoms with Crippen molar-refractivity contribution in [2.45, 2.75) is 18.9 Å². The number of carbonyl (C=O) groups excluding carboxylic acids is 1. The molecule has 1 atom stereocenters. The average molecular weight is 212 g/mol. The maximum absolute atomic E-state index is 11.5. The second-order valence-electron chi connectivity index (χ2n) is 3.20. The molecular weight excluding hydrogens is 196 g/mol. The first-order valence-electron chi connectivity index (χ1n) is 4.87. The summed E-state index contributed by atoms with van der Waals surface area (Å²) in [6.45, 7) is 1.67. The highest BCUT2D eigenvalue weighted by molar-refractivity contribution is 7.99. The van der Waals surface area contributed by atoms with Crippen LogP contribution in [0.5, 0.6) is 0 Å². The SMILES string of the molecule is C#CCSCCNC(=O)[C@@H]1CCCN1. The van der Waals surface area contributed by atoms with Gasteiger partial charge in [0.15, 0.2) is 0 Å². The molecule has 0 aromatic heterocycles. The Morgan fingerprint density at radius 1 is 1.71 bits per heavy atom. The second kappa shape index (κ2) is 6.74. The number of hydrogen-bond acceptors (Lipinski definition) is 3. The molecule has 1 rings (SSSR count). The summed E-state index contributed by atoms with van der Waals surface area (Å²) in [5.41, 5.74) is 0. The monoisotopic (exact) mass is 212 g/mol. The molecule has 1 fully saturated rings. The summed E-state index contributed by atoms with van der Waals surface area (Å²) in [4.78, 5) is 11.5. The summed E-state index contributed by atoms with van der Waals surface area (Å²) < 4.78 is 0. The zero-order valence-corrected chi connectivity index (χ0v) is 9.03. The van der Waals surface area contributed by atoms with Crippen molar-refractivity contribution < 1.29 is 4.79 Å². The Morgan fingerprint density at radius 3 is 3.21 bits per heavy atom. The van der Waals surface area contributed by atoms with Crippen molar-refractivity contribution in [3.63, 3.8) is 0 Å². The van der Waals surface area contributed by atoms with E-state index in [0.717, 1.165) is 30.9 Å². The van der Waals surface area contributed by atoms with Crippen LogP contribution in [0.2, 0.25) is 0 Å². The van der Waals surface area contributed by atoms with Crippen LogP contribution in [0.15, 0.2) is 0 Å². The minimum absolute atomic E-state index is 0.0348. The molecule has 0 saturated carbocycles. The summed E-state index contributed by atoms with van der Waals surface area (Å²) >= 11 is 1.67. The molecule has 0 bridgehead atoms. The normalized spacial score (nSPS) is 20.4. The second-order valence-corrected chi connectivity index (χ2v) is 4.30. The van der Waals surface area contributed by atoms with E-state index in [4.69, 9.17) is 6.42 Å². The fraction of sp³-hybridized carbons (Fsp3) is 0.700. The van der Waals surface area contributed by atoms with Crippen molar-refractivity contribution >= 4 is 17.7 Å². The fourth-order valence-corrected chi connectivity index (χ4v) is 1.92. The molecule has 0 unspecified atom stereocenters. The first-order chi connectivity index (χ1) is 6.84. The Kier molecular flexibility index (Phi) is 5.50. The van der Waals surface area contributed by atoms with Gasteiger partial charge in [-0.2, -0.15) is 0 Å². The van der Waals surface area contributed by atoms with Gasteiger partial charge in [0.2, 0.25) is 5.91 Å². The van der Waals surface area contributed by atoms with Crippen molar-refractivity contribution in [2.75, 3.05) is 24.6 Å². The lowest BCUT2D eigenvalue weighted by Gasteiger charge is -2.10. The Labute approximate surface area is 89.4 Å². The first kappa shape index (κ1) is 11.4. The number of rotatable bonds is 5. The number of nitrogens with one attached hydrogen (secondary N) is 2. The third-order valence-corrected chi connectivity index (χ3v) is 2.97. The molecule has 1 heterocycles. The predicted octanol–water partition coefficient (Wildman–Crippen LogP) is 0.221. The molecule has 1 aliphatic rings. The quantitative estimate of drug-likeness (QED) is 0.506. The number of hydrogen-bond donors (Lipinski definition) is 2. The van der Waals surface area contributed by atoms with Gasteiger partial charge in [-0.05, 0) is 19.4 Å². The molecule has 14 heavy (non-hydrogen) atoms. The number of amides is 1. The predicted molar refractivity (Wildman–Crippen MR) is 60.2 cm³/mol. The zero-order chi connectivity index (χ0) is 10.2. The van der Waals surface area contributed by atoms with Crippen LogP contribution >= 0.6 is 11.8 Å². The van der Waals surface area contributed by atoms with Gasteiger partial charge in [-0.3, -0.25) is 4.79 Å². The van der Waals surface area contributed by atoms with E-state index in [1.54, 1.807) is 11.8 Å². The van der Waals surface area contributed by atoms with Crippen LogP contribution < -0.4 is 10.6 Å². The van der Waals surface area contributed by atoms with E-state index in [1.807, 2.05) is 0 Å². The Hall–Kier alpha value is -0.660. The lowest BCUT2D eigenvalue weighted by atomic mass is 10.2. The molecule has 0 radical (unpaired) electrons. The van der Waals surface area contributed by atoms with Crippen LogP contribution in [0.3, 0.4) is 0 Å². The van der Waals surface area contributed by atoms with E-state index < -0.39 is 0 Å². The summed E-state index contributed by atoms with van der Waals surface area (Å²) in [5, 5.41) is 6.05. The van der Waals surface area contributed by atoms with E-state index in [1.165, 1.54) is 0 Å². The minimum Gasteiger partial charge on any atom is -0.354 e. The van der Waals surface area contributed by atoms with Crippen molar-refractivity contribution in [2.24, 2.45) is 0 Å². The van der Waals surface area contributed by atoms with E-state index in [9.17, 15) is 4.79 Å². The van der Waals surface area contributed by atoms with Gasteiger partial charge in [-0.15, -0.1) is 18.2 Å². The van der Waals surface area contributed by atoms with Crippen LogP contribution in [0, 0.1) is 12.3 Å². The highest BCUT2D eigenvalue weighted by atomic mass is 32.2.